The number of hydrogen-bond acceptors (Lipinski definition) is 9. The first-order valence-electron chi connectivity index (χ1n) is 15.2. The molecule has 1 aliphatic rings. The fourth-order valence-corrected chi connectivity index (χ4v) is 4.52. The number of likely N-dealkylation sites (N-methyl/N-ethyl adjacent to an activating group) is 1. The summed E-state index contributed by atoms with van der Waals surface area (Å²) in [7, 11) is 1.71. The normalized spacial score (nSPS) is 12.5. The molecule has 0 spiro atoms. The average Bonchev–Trinajstić information content (AvgIpc) is 3.31. The largest absolute Gasteiger partial charge is 0.448 e. The van der Waals surface area contributed by atoms with Crippen molar-refractivity contribution < 1.29 is 42.7 Å². The van der Waals surface area contributed by atoms with Crippen LogP contribution in [0, 0.1) is 0 Å². The van der Waals surface area contributed by atoms with Crippen molar-refractivity contribution in [1.29, 1.82) is 0 Å². The van der Waals surface area contributed by atoms with Crippen LogP contribution in [0.25, 0.3) is 11.1 Å². The summed E-state index contributed by atoms with van der Waals surface area (Å²) in [6, 6.07) is 16.6. The van der Waals surface area contributed by atoms with E-state index in [2.05, 4.69) is 29.6 Å². The molecule has 2 aromatic rings. The molecule has 1 aliphatic carbocycles. The van der Waals surface area contributed by atoms with Gasteiger partial charge in [0.05, 0.1) is 66.1 Å². The Balaban J connectivity index is 1.09. The van der Waals surface area contributed by atoms with Gasteiger partial charge in [-0.05, 0) is 43.0 Å². The lowest BCUT2D eigenvalue weighted by Crippen LogP contribution is -2.34. The molecule has 0 saturated carbocycles. The van der Waals surface area contributed by atoms with Crippen LogP contribution in [-0.2, 0) is 33.2 Å². The maximum Gasteiger partial charge on any atom is 0.409 e. The maximum atomic E-state index is 12.6. The Morgan fingerprint density at radius 2 is 1.16 bits per heavy atom. The molecule has 0 aromatic heterocycles. The molecule has 3 rings (SSSR count). The third-order valence-electron chi connectivity index (χ3n) is 6.62. The zero-order chi connectivity index (χ0) is 31.6. The Labute approximate surface area is 261 Å². The topological polar surface area (TPSA) is 114 Å². The fourth-order valence-electron chi connectivity index (χ4n) is 4.52. The van der Waals surface area contributed by atoms with Crippen molar-refractivity contribution in [3.05, 3.63) is 59.7 Å². The maximum absolute atomic E-state index is 12.6. The Kier molecular flexibility index (Phi) is 15.4. The van der Waals surface area contributed by atoms with Crippen LogP contribution in [0.3, 0.4) is 0 Å². The number of alkyl carbamates (subject to hydrolysis) is 1. The van der Waals surface area contributed by atoms with Gasteiger partial charge in [0, 0.05) is 26.1 Å². The van der Waals surface area contributed by atoms with Gasteiger partial charge in [-0.2, -0.15) is 0 Å². The van der Waals surface area contributed by atoms with Crippen molar-refractivity contribution in [2.24, 2.45) is 0 Å². The SMILES string of the molecule is CN(CCOCCOCCOCCOCCOCCNC(=O)OC(C)(C)C)C(=O)OCC1c2ccccc2-c2ccccc21. The molecule has 0 saturated heterocycles. The fraction of sp³-hybridized carbons (Fsp3) is 0.576. The zero-order valence-corrected chi connectivity index (χ0v) is 26.5. The number of amides is 2. The van der Waals surface area contributed by atoms with E-state index in [0.29, 0.717) is 85.8 Å². The molecule has 2 aromatic carbocycles. The molecule has 0 aliphatic heterocycles. The van der Waals surface area contributed by atoms with Crippen LogP contribution in [0.2, 0.25) is 0 Å². The van der Waals surface area contributed by atoms with Crippen LogP contribution in [0.1, 0.15) is 37.8 Å². The van der Waals surface area contributed by atoms with Crippen molar-refractivity contribution in [2.45, 2.75) is 32.3 Å². The first kappa shape index (κ1) is 35.3. The summed E-state index contributed by atoms with van der Waals surface area (Å²) in [5.41, 5.74) is 4.27. The molecule has 11 nitrogen and oxygen atoms in total. The van der Waals surface area contributed by atoms with Crippen molar-refractivity contribution in [1.82, 2.24) is 10.2 Å². The highest BCUT2D eigenvalue weighted by Gasteiger charge is 2.29. The number of fused-ring (bicyclic) bond motifs is 3. The van der Waals surface area contributed by atoms with Gasteiger partial charge < -0.3 is 43.4 Å². The summed E-state index contributed by atoms with van der Waals surface area (Å²) < 4.78 is 38.2. The lowest BCUT2D eigenvalue weighted by atomic mass is 9.98. The molecule has 0 atom stereocenters. The standard InChI is InChI=1S/C33H48N2O9/c1-33(2,3)44-31(36)34-13-15-38-17-19-40-21-23-42-24-22-41-20-18-39-16-14-35(4)32(37)43-25-30-28-11-7-5-9-26(28)27-10-6-8-12-29(27)30/h5-12,30H,13-25H2,1-4H3,(H,34,36). The van der Waals surface area contributed by atoms with Crippen LogP contribution in [0.4, 0.5) is 9.59 Å². The minimum absolute atomic E-state index is 0.0387. The summed E-state index contributed by atoms with van der Waals surface area (Å²) in [4.78, 5) is 25.6. The van der Waals surface area contributed by atoms with Crippen molar-refractivity contribution in [2.75, 3.05) is 92.8 Å². The molecule has 244 valence electrons. The van der Waals surface area contributed by atoms with Gasteiger partial charge in [-0.25, -0.2) is 9.59 Å². The second-order valence-electron chi connectivity index (χ2n) is 11.2. The van der Waals surface area contributed by atoms with Gasteiger partial charge in [0.1, 0.15) is 12.2 Å². The van der Waals surface area contributed by atoms with E-state index in [-0.39, 0.29) is 12.0 Å². The quantitative estimate of drug-likeness (QED) is 0.215. The highest BCUT2D eigenvalue weighted by atomic mass is 16.6. The molecule has 44 heavy (non-hydrogen) atoms. The number of nitrogens with one attached hydrogen (secondary N) is 1. The third kappa shape index (κ3) is 12.8. The van der Waals surface area contributed by atoms with Gasteiger partial charge in [0.25, 0.3) is 0 Å². The molecule has 0 unspecified atom stereocenters. The van der Waals surface area contributed by atoms with E-state index >= 15 is 0 Å². The second kappa shape index (κ2) is 19.2. The Hall–Kier alpha value is -3.22. The molecule has 1 N–H and O–H groups in total. The Morgan fingerprint density at radius 1 is 0.705 bits per heavy atom. The van der Waals surface area contributed by atoms with E-state index in [9.17, 15) is 9.59 Å². The Morgan fingerprint density at radius 3 is 1.66 bits per heavy atom. The van der Waals surface area contributed by atoms with E-state index in [1.54, 1.807) is 7.05 Å². The minimum atomic E-state index is -0.516. The lowest BCUT2D eigenvalue weighted by molar-refractivity contribution is -0.0119. The predicted octanol–water partition coefficient (Wildman–Crippen LogP) is 4.48. The van der Waals surface area contributed by atoms with Gasteiger partial charge in [-0.3, -0.25) is 0 Å². The number of benzene rings is 2. The molecule has 0 heterocycles. The lowest BCUT2D eigenvalue weighted by Gasteiger charge is -2.19. The summed E-state index contributed by atoms with van der Waals surface area (Å²) in [6.45, 7) is 10.9. The summed E-state index contributed by atoms with van der Waals surface area (Å²) in [6.07, 6.45) is -0.824. The van der Waals surface area contributed by atoms with Gasteiger partial charge in [0.15, 0.2) is 0 Å². The number of carbonyl (C=O) groups excluding carboxylic acids is 2. The molecule has 2 amide bonds. The average molecular weight is 617 g/mol. The van der Waals surface area contributed by atoms with E-state index in [1.807, 2.05) is 45.0 Å². The molecule has 0 radical (unpaired) electrons. The zero-order valence-electron chi connectivity index (χ0n) is 26.5. The minimum Gasteiger partial charge on any atom is -0.448 e. The molecule has 0 bridgehead atoms. The van der Waals surface area contributed by atoms with Gasteiger partial charge in [-0.15, -0.1) is 0 Å². The molecule has 11 heteroatoms. The van der Waals surface area contributed by atoms with E-state index in [4.69, 9.17) is 33.2 Å². The number of ether oxygens (including phenoxy) is 7. The summed E-state index contributed by atoms with van der Waals surface area (Å²) in [5, 5.41) is 2.63. The first-order valence-corrected chi connectivity index (χ1v) is 15.2. The number of rotatable bonds is 20. The molecular formula is C33H48N2O9. The summed E-state index contributed by atoms with van der Waals surface area (Å²) in [5.74, 6) is 0.0387. The van der Waals surface area contributed by atoms with Gasteiger partial charge in [0.2, 0.25) is 0 Å². The monoisotopic (exact) mass is 616 g/mol. The van der Waals surface area contributed by atoms with Crippen LogP contribution in [0.5, 0.6) is 0 Å². The molecule has 0 fully saturated rings. The van der Waals surface area contributed by atoms with Crippen molar-refractivity contribution >= 4 is 12.2 Å². The highest BCUT2D eigenvalue weighted by Crippen LogP contribution is 2.44. The van der Waals surface area contributed by atoms with Crippen molar-refractivity contribution in [3.8, 4) is 11.1 Å². The number of carbonyl (C=O) groups is 2. The van der Waals surface area contributed by atoms with Crippen LogP contribution < -0.4 is 5.32 Å². The predicted molar refractivity (Wildman–Crippen MR) is 166 cm³/mol. The van der Waals surface area contributed by atoms with Crippen LogP contribution in [-0.4, -0.2) is 116 Å². The van der Waals surface area contributed by atoms with Crippen molar-refractivity contribution in [3.63, 3.8) is 0 Å². The summed E-state index contributed by atoms with van der Waals surface area (Å²) >= 11 is 0. The molecular weight excluding hydrogens is 568 g/mol. The highest BCUT2D eigenvalue weighted by molar-refractivity contribution is 5.79. The van der Waals surface area contributed by atoms with E-state index < -0.39 is 11.7 Å². The smallest absolute Gasteiger partial charge is 0.409 e. The van der Waals surface area contributed by atoms with E-state index in [0.717, 1.165) is 0 Å². The first-order chi connectivity index (χ1) is 21.3. The third-order valence-corrected chi connectivity index (χ3v) is 6.62. The van der Waals surface area contributed by atoms with Gasteiger partial charge in [-0.1, -0.05) is 48.5 Å². The van der Waals surface area contributed by atoms with Gasteiger partial charge >= 0.3 is 12.2 Å². The van der Waals surface area contributed by atoms with Crippen LogP contribution in [0.15, 0.2) is 48.5 Å². The Bertz CT molecular complexity index is 1090. The second-order valence-corrected chi connectivity index (χ2v) is 11.2. The number of hydrogen-bond donors (Lipinski definition) is 1. The number of nitrogens with zero attached hydrogens (tertiary/aromatic N) is 1. The van der Waals surface area contributed by atoms with E-state index in [1.165, 1.54) is 27.2 Å². The van der Waals surface area contributed by atoms with Crippen LogP contribution >= 0.6 is 0 Å².